The predicted octanol–water partition coefficient (Wildman–Crippen LogP) is 2.05. The van der Waals surface area contributed by atoms with E-state index in [4.69, 9.17) is 0 Å². The number of benzene rings is 1. The summed E-state index contributed by atoms with van der Waals surface area (Å²) in [6.07, 6.45) is 4.45. The number of carbonyl (C=O) groups excluding carboxylic acids is 1. The average Bonchev–Trinajstić information content (AvgIpc) is 3.06. The quantitative estimate of drug-likeness (QED) is 0.867. The lowest BCUT2D eigenvalue weighted by molar-refractivity contribution is -0.123. The van der Waals surface area contributed by atoms with Gasteiger partial charge in [-0.15, -0.1) is 0 Å². The van der Waals surface area contributed by atoms with Crippen molar-refractivity contribution in [1.29, 1.82) is 0 Å². The van der Waals surface area contributed by atoms with E-state index in [1.165, 1.54) is 25.0 Å². The molecule has 1 aromatic rings. The Kier molecular flexibility index (Phi) is 5.51. The van der Waals surface area contributed by atoms with Gasteiger partial charge in [0.1, 0.15) is 5.82 Å². The summed E-state index contributed by atoms with van der Waals surface area (Å²) in [5.74, 6) is -0.110. The first-order valence-corrected chi connectivity index (χ1v) is 9.07. The minimum Gasteiger partial charge on any atom is -0.354 e. The van der Waals surface area contributed by atoms with Crippen LogP contribution in [0.25, 0.3) is 0 Å². The van der Waals surface area contributed by atoms with E-state index >= 15 is 0 Å². The Morgan fingerprint density at radius 1 is 1.33 bits per heavy atom. The van der Waals surface area contributed by atoms with Crippen molar-refractivity contribution in [1.82, 2.24) is 15.5 Å². The van der Waals surface area contributed by atoms with Crippen LogP contribution in [0.1, 0.15) is 38.2 Å². The van der Waals surface area contributed by atoms with Gasteiger partial charge in [0.2, 0.25) is 5.91 Å². The first-order chi connectivity index (χ1) is 11.6. The van der Waals surface area contributed by atoms with Crippen molar-refractivity contribution < 1.29 is 9.18 Å². The van der Waals surface area contributed by atoms with E-state index in [1.807, 2.05) is 12.1 Å². The van der Waals surface area contributed by atoms with Crippen LogP contribution in [-0.4, -0.2) is 49.6 Å². The molecule has 2 fully saturated rings. The Bertz CT molecular complexity index is 554. The number of halogens is 1. The zero-order valence-electron chi connectivity index (χ0n) is 14.5. The summed E-state index contributed by atoms with van der Waals surface area (Å²) in [5.41, 5.74) is 1.12. The van der Waals surface area contributed by atoms with E-state index < -0.39 is 0 Å². The first kappa shape index (κ1) is 17.4. The summed E-state index contributed by atoms with van der Waals surface area (Å²) in [4.78, 5) is 14.6. The maximum Gasteiger partial charge on any atom is 0.234 e. The summed E-state index contributed by atoms with van der Waals surface area (Å²) >= 11 is 0. The summed E-state index contributed by atoms with van der Waals surface area (Å²) < 4.78 is 13.2. The van der Waals surface area contributed by atoms with Gasteiger partial charge in [0, 0.05) is 37.6 Å². The second-order valence-electron chi connectivity index (χ2n) is 7.29. The summed E-state index contributed by atoms with van der Waals surface area (Å²) in [6, 6.07) is 7.21. The van der Waals surface area contributed by atoms with Gasteiger partial charge in [-0.05, 0) is 37.5 Å². The van der Waals surface area contributed by atoms with E-state index in [0.717, 1.165) is 38.0 Å². The molecule has 1 saturated heterocycles. The third kappa shape index (κ3) is 3.95. The number of rotatable bonds is 5. The van der Waals surface area contributed by atoms with Crippen LogP contribution in [0, 0.1) is 5.82 Å². The lowest BCUT2D eigenvalue weighted by atomic mass is 9.79. The molecule has 1 aliphatic carbocycles. The molecule has 2 aliphatic rings. The summed E-state index contributed by atoms with van der Waals surface area (Å²) in [7, 11) is 0. The van der Waals surface area contributed by atoms with Crippen molar-refractivity contribution in [3.8, 4) is 0 Å². The van der Waals surface area contributed by atoms with E-state index in [0.29, 0.717) is 19.1 Å². The Hall–Kier alpha value is -1.46. The van der Waals surface area contributed by atoms with E-state index in [-0.39, 0.29) is 17.1 Å². The molecule has 1 amide bonds. The monoisotopic (exact) mass is 333 g/mol. The topological polar surface area (TPSA) is 44.4 Å². The fraction of sp³-hybridized carbons (Fsp3) is 0.632. The second-order valence-corrected chi connectivity index (χ2v) is 7.29. The molecule has 24 heavy (non-hydrogen) atoms. The number of hydrogen-bond acceptors (Lipinski definition) is 3. The second kappa shape index (κ2) is 7.62. The van der Waals surface area contributed by atoms with Gasteiger partial charge in [-0.3, -0.25) is 9.69 Å². The number of amides is 1. The van der Waals surface area contributed by atoms with Crippen LogP contribution in [0.15, 0.2) is 24.3 Å². The van der Waals surface area contributed by atoms with Gasteiger partial charge in [-0.25, -0.2) is 4.39 Å². The molecule has 0 radical (unpaired) electrons. The first-order valence-electron chi connectivity index (χ1n) is 9.07. The predicted molar refractivity (Wildman–Crippen MR) is 93.5 cm³/mol. The molecular weight excluding hydrogens is 305 g/mol. The third-order valence-electron chi connectivity index (χ3n) is 5.63. The van der Waals surface area contributed by atoms with Crippen LogP contribution in [0.2, 0.25) is 0 Å². The van der Waals surface area contributed by atoms with Gasteiger partial charge in [0.25, 0.3) is 0 Å². The zero-order chi connectivity index (χ0) is 17.0. The lowest BCUT2D eigenvalue weighted by Crippen LogP contribution is -2.53. The molecule has 3 rings (SSSR count). The third-order valence-corrected chi connectivity index (χ3v) is 5.63. The number of piperazine rings is 1. The summed E-state index contributed by atoms with van der Waals surface area (Å²) in [5, 5.41) is 6.49. The Morgan fingerprint density at radius 2 is 2.04 bits per heavy atom. The van der Waals surface area contributed by atoms with Crippen LogP contribution in [0.3, 0.4) is 0 Å². The van der Waals surface area contributed by atoms with Crippen molar-refractivity contribution >= 4 is 5.91 Å². The summed E-state index contributed by atoms with van der Waals surface area (Å²) in [6.45, 7) is 6.05. The standard InChI is InChI=1S/C19H28FN3O/c1-15-12-21-10-11-23(15)13-18(24)22-14-19(8-2-3-9-19)16-4-6-17(20)7-5-16/h4-7,15,21H,2-3,8-14H2,1H3,(H,22,24)/t15-/m1/s1. The van der Waals surface area contributed by atoms with Crippen molar-refractivity contribution in [2.45, 2.75) is 44.1 Å². The highest BCUT2D eigenvalue weighted by atomic mass is 19.1. The van der Waals surface area contributed by atoms with Crippen LogP contribution in [0.4, 0.5) is 4.39 Å². The van der Waals surface area contributed by atoms with Gasteiger partial charge in [0.05, 0.1) is 6.54 Å². The maximum atomic E-state index is 13.2. The fourth-order valence-electron chi connectivity index (χ4n) is 4.05. The highest BCUT2D eigenvalue weighted by Crippen LogP contribution is 2.40. The molecule has 1 aliphatic heterocycles. The molecule has 0 aromatic heterocycles. The molecular formula is C19H28FN3O. The van der Waals surface area contributed by atoms with Crippen molar-refractivity contribution in [3.63, 3.8) is 0 Å². The number of hydrogen-bond donors (Lipinski definition) is 2. The molecule has 2 N–H and O–H groups in total. The number of carbonyl (C=O) groups is 1. The van der Waals surface area contributed by atoms with Crippen LogP contribution >= 0.6 is 0 Å². The van der Waals surface area contributed by atoms with Gasteiger partial charge >= 0.3 is 0 Å². The van der Waals surface area contributed by atoms with Crippen molar-refractivity contribution in [3.05, 3.63) is 35.6 Å². The number of nitrogens with zero attached hydrogens (tertiary/aromatic N) is 1. The van der Waals surface area contributed by atoms with E-state index in [9.17, 15) is 9.18 Å². The van der Waals surface area contributed by atoms with Gasteiger partial charge < -0.3 is 10.6 Å². The Balaban J connectivity index is 1.60. The van der Waals surface area contributed by atoms with E-state index in [2.05, 4.69) is 22.5 Å². The molecule has 0 bridgehead atoms. The molecule has 5 heteroatoms. The Labute approximate surface area is 143 Å². The molecule has 1 atom stereocenters. The highest BCUT2D eigenvalue weighted by molar-refractivity contribution is 5.78. The average molecular weight is 333 g/mol. The smallest absolute Gasteiger partial charge is 0.234 e. The largest absolute Gasteiger partial charge is 0.354 e. The van der Waals surface area contributed by atoms with Crippen LogP contribution < -0.4 is 10.6 Å². The minimum absolute atomic E-state index is 0.0293. The van der Waals surface area contributed by atoms with Crippen molar-refractivity contribution in [2.24, 2.45) is 0 Å². The molecule has 132 valence electrons. The molecule has 0 unspecified atom stereocenters. The Morgan fingerprint density at radius 3 is 2.71 bits per heavy atom. The highest BCUT2D eigenvalue weighted by Gasteiger charge is 2.36. The van der Waals surface area contributed by atoms with Gasteiger partial charge in [0.15, 0.2) is 0 Å². The zero-order valence-corrected chi connectivity index (χ0v) is 14.5. The van der Waals surface area contributed by atoms with Crippen LogP contribution in [-0.2, 0) is 10.2 Å². The van der Waals surface area contributed by atoms with Gasteiger partial charge in [-0.2, -0.15) is 0 Å². The minimum atomic E-state index is -0.205. The molecule has 1 heterocycles. The van der Waals surface area contributed by atoms with E-state index in [1.54, 1.807) is 0 Å². The maximum absolute atomic E-state index is 13.2. The SMILES string of the molecule is C[C@@H]1CNCCN1CC(=O)NCC1(c2ccc(F)cc2)CCCC1. The van der Waals surface area contributed by atoms with Crippen LogP contribution in [0.5, 0.6) is 0 Å². The molecule has 1 saturated carbocycles. The fourth-order valence-corrected chi connectivity index (χ4v) is 4.05. The van der Waals surface area contributed by atoms with Crippen molar-refractivity contribution in [2.75, 3.05) is 32.7 Å². The lowest BCUT2D eigenvalue weighted by Gasteiger charge is -2.34. The molecule has 4 nitrogen and oxygen atoms in total. The molecule has 1 aromatic carbocycles. The normalized spacial score (nSPS) is 24.0. The number of nitrogens with one attached hydrogen (secondary N) is 2. The molecule has 0 spiro atoms. The van der Waals surface area contributed by atoms with Gasteiger partial charge in [-0.1, -0.05) is 25.0 Å².